The molecule has 108 valence electrons. The van der Waals surface area contributed by atoms with E-state index in [2.05, 4.69) is 30.8 Å². The fourth-order valence-electron chi connectivity index (χ4n) is 2.01. The summed E-state index contributed by atoms with van der Waals surface area (Å²) in [7, 11) is 0. The average molecular weight is 268 g/mol. The first kappa shape index (κ1) is 15.7. The summed E-state index contributed by atoms with van der Waals surface area (Å²) >= 11 is 0. The summed E-state index contributed by atoms with van der Waals surface area (Å²) in [5.74, 6) is 5.99. The summed E-state index contributed by atoms with van der Waals surface area (Å²) in [6.45, 7) is 9.17. The molecule has 1 aromatic rings. The summed E-state index contributed by atoms with van der Waals surface area (Å²) in [5.41, 5.74) is 2.26. The zero-order valence-electron chi connectivity index (χ0n) is 12.0. The second-order valence-electron chi connectivity index (χ2n) is 4.66. The van der Waals surface area contributed by atoms with E-state index in [1.54, 1.807) is 6.07 Å². The highest BCUT2D eigenvalue weighted by Gasteiger charge is 2.15. The summed E-state index contributed by atoms with van der Waals surface area (Å²) in [5, 5.41) is 3.70. The third-order valence-corrected chi connectivity index (χ3v) is 3.42. The van der Waals surface area contributed by atoms with Crippen molar-refractivity contribution in [3.63, 3.8) is 0 Å². The third-order valence-electron chi connectivity index (χ3n) is 3.42. The highest BCUT2D eigenvalue weighted by Crippen LogP contribution is 2.13. The number of rotatable bonds is 8. The van der Waals surface area contributed by atoms with E-state index < -0.39 is 5.91 Å². The van der Waals surface area contributed by atoms with Crippen LogP contribution in [-0.4, -0.2) is 29.1 Å². The van der Waals surface area contributed by atoms with Crippen molar-refractivity contribution in [2.45, 2.75) is 40.2 Å². The number of carbonyl (C=O) groups is 1. The van der Waals surface area contributed by atoms with Crippen LogP contribution < -0.4 is 11.3 Å². The van der Waals surface area contributed by atoms with Gasteiger partial charge in [0.1, 0.15) is 0 Å². The fourth-order valence-corrected chi connectivity index (χ4v) is 2.01. The van der Waals surface area contributed by atoms with Crippen LogP contribution in [0.1, 0.15) is 49.9 Å². The van der Waals surface area contributed by atoms with Crippen molar-refractivity contribution in [2.24, 2.45) is 11.8 Å². The predicted molar refractivity (Wildman–Crippen MR) is 73.2 cm³/mol. The van der Waals surface area contributed by atoms with Crippen molar-refractivity contribution < 1.29 is 9.32 Å². The maximum atomic E-state index is 11.3. The van der Waals surface area contributed by atoms with E-state index in [-0.39, 0.29) is 5.69 Å². The Morgan fingerprint density at radius 2 is 2.16 bits per heavy atom. The highest BCUT2D eigenvalue weighted by atomic mass is 16.5. The Kier molecular flexibility index (Phi) is 6.52. The number of hydrogen-bond acceptors (Lipinski definition) is 5. The molecule has 0 atom stereocenters. The zero-order valence-corrected chi connectivity index (χ0v) is 12.0. The van der Waals surface area contributed by atoms with Gasteiger partial charge in [0, 0.05) is 12.6 Å². The number of amides is 1. The molecule has 0 radical (unpaired) electrons. The van der Waals surface area contributed by atoms with Crippen molar-refractivity contribution in [1.82, 2.24) is 15.5 Å². The van der Waals surface area contributed by atoms with Crippen LogP contribution in [0, 0.1) is 5.92 Å². The van der Waals surface area contributed by atoms with Gasteiger partial charge in [0.2, 0.25) is 0 Å². The number of nitrogens with two attached hydrogens (primary N) is 1. The van der Waals surface area contributed by atoms with Crippen molar-refractivity contribution in [3.8, 4) is 0 Å². The van der Waals surface area contributed by atoms with E-state index in [0.717, 1.165) is 13.1 Å². The number of hydrogen-bond donors (Lipinski definition) is 2. The molecule has 0 fully saturated rings. The molecule has 0 aromatic carbocycles. The largest absolute Gasteiger partial charge is 0.359 e. The quantitative estimate of drug-likeness (QED) is 0.424. The zero-order chi connectivity index (χ0) is 14.3. The van der Waals surface area contributed by atoms with Crippen LogP contribution in [0.25, 0.3) is 0 Å². The van der Waals surface area contributed by atoms with Gasteiger partial charge in [0.15, 0.2) is 11.5 Å². The van der Waals surface area contributed by atoms with E-state index in [1.165, 1.54) is 12.8 Å². The van der Waals surface area contributed by atoms with Crippen LogP contribution in [0.3, 0.4) is 0 Å². The molecule has 0 saturated carbocycles. The van der Waals surface area contributed by atoms with Gasteiger partial charge < -0.3 is 4.52 Å². The molecule has 6 heteroatoms. The minimum Gasteiger partial charge on any atom is -0.359 e. The van der Waals surface area contributed by atoms with E-state index in [4.69, 9.17) is 10.4 Å². The first-order valence-corrected chi connectivity index (χ1v) is 6.83. The normalized spacial score (nSPS) is 11.3. The van der Waals surface area contributed by atoms with Crippen LogP contribution >= 0.6 is 0 Å². The highest BCUT2D eigenvalue weighted by molar-refractivity contribution is 5.91. The Labute approximate surface area is 114 Å². The molecule has 0 spiro atoms. The molecule has 0 bridgehead atoms. The van der Waals surface area contributed by atoms with Crippen LogP contribution in [0.2, 0.25) is 0 Å². The molecule has 0 saturated heterocycles. The van der Waals surface area contributed by atoms with Crippen LogP contribution in [-0.2, 0) is 6.54 Å². The molecule has 1 rings (SSSR count). The Hall–Kier alpha value is -1.40. The number of carbonyl (C=O) groups excluding carboxylic acids is 1. The molecule has 1 heterocycles. The van der Waals surface area contributed by atoms with Crippen LogP contribution in [0.5, 0.6) is 0 Å². The Morgan fingerprint density at radius 3 is 2.68 bits per heavy atom. The lowest BCUT2D eigenvalue weighted by molar-refractivity contribution is 0.0944. The summed E-state index contributed by atoms with van der Waals surface area (Å²) < 4.78 is 5.16. The van der Waals surface area contributed by atoms with Gasteiger partial charge >= 0.3 is 0 Å². The minimum atomic E-state index is -0.432. The van der Waals surface area contributed by atoms with Gasteiger partial charge in [-0.3, -0.25) is 15.1 Å². The molecule has 0 aliphatic carbocycles. The smallest absolute Gasteiger partial charge is 0.287 e. The lowest BCUT2D eigenvalue weighted by Gasteiger charge is -2.23. The second-order valence-corrected chi connectivity index (χ2v) is 4.66. The topological polar surface area (TPSA) is 84.4 Å². The lowest BCUT2D eigenvalue weighted by Crippen LogP contribution is -2.30. The molecule has 1 amide bonds. The number of nitrogen functional groups attached to an aromatic ring is 1. The SMILES string of the molecule is CCC(CC)CN(CC)Cc1cc(C(=O)NN)no1. The minimum absolute atomic E-state index is 0.219. The standard InChI is InChI=1S/C13H24N4O2/c1-4-10(5-2)8-17(6-3)9-11-7-12(16-19-11)13(18)15-14/h7,10H,4-6,8-9,14H2,1-3H3,(H,15,18). The molecule has 3 N–H and O–H groups in total. The second kappa shape index (κ2) is 7.91. The van der Waals surface area contributed by atoms with Crippen LogP contribution in [0.15, 0.2) is 10.6 Å². The molecular formula is C13H24N4O2. The number of aromatic nitrogens is 1. The predicted octanol–water partition coefficient (Wildman–Crippen LogP) is 1.54. The van der Waals surface area contributed by atoms with Gasteiger partial charge in [-0.2, -0.15) is 0 Å². The van der Waals surface area contributed by atoms with Gasteiger partial charge in [-0.05, 0) is 12.5 Å². The molecule has 0 aliphatic heterocycles. The molecule has 6 nitrogen and oxygen atoms in total. The third kappa shape index (κ3) is 4.65. The average Bonchev–Trinajstić information content (AvgIpc) is 2.90. The first-order valence-electron chi connectivity index (χ1n) is 6.83. The molecule has 0 aliphatic rings. The van der Waals surface area contributed by atoms with Gasteiger partial charge in [0.05, 0.1) is 6.54 Å². The number of nitrogens with zero attached hydrogens (tertiary/aromatic N) is 2. The summed E-state index contributed by atoms with van der Waals surface area (Å²) in [6, 6.07) is 1.64. The van der Waals surface area contributed by atoms with E-state index in [9.17, 15) is 4.79 Å². The summed E-state index contributed by atoms with van der Waals surface area (Å²) in [4.78, 5) is 13.6. The fraction of sp³-hybridized carbons (Fsp3) is 0.692. The van der Waals surface area contributed by atoms with Crippen molar-refractivity contribution >= 4 is 5.91 Å². The number of nitrogens with one attached hydrogen (secondary N) is 1. The Bertz CT molecular complexity index is 388. The lowest BCUT2D eigenvalue weighted by atomic mass is 10.0. The Balaban J connectivity index is 2.60. The van der Waals surface area contributed by atoms with Crippen molar-refractivity contribution in [1.29, 1.82) is 0 Å². The van der Waals surface area contributed by atoms with Gasteiger partial charge in [-0.1, -0.05) is 38.8 Å². The molecule has 1 aromatic heterocycles. The van der Waals surface area contributed by atoms with E-state index in [1.807, 2.05) is 5.43 Å². The maximum absolute atomic E-state index is 11.3. The van der Waals surface area contributed by atoms with Crippen molar-refractivity contribution in [2.75, 3.05) is 13.1 Å². The number of hydrazine groups is 1. The van der Waals surface area contributed by atoms with Crippen molar-refractivity contribution in [3.05, 3.63) is 17.5 Å². The molecule has 0 unspecified atom stereocenters. The van der Waals surface area contributed by atoms with E-state index in [0.29, 0.717) is 18.2 Å². The maximum Gasteiger partial charge on any atom is 0.287 e. The molecular weight excluding hydrogens is 244 g/mol. The Morgan fingerprint density at radius 1 is 1.47 bits per heavy atom. The van der Waals surface area contributed by atoms with Crippen LogP contribution in [0.4, 0.5) is 0 Å². The first-order chi connectivity index (χ1) is 9.14. The summed E-state index contributed by atoms with van der Waals surface area (Å²) in [6.07, 6.45) is 2.34. The van der Waals surface area contributed by atoms with E-state index >= 15 is 0 Å². The monoisotopic (exact) mass is 268 g/mol. The molecule has 19 heavy (non-hydrogen) atoms. The van der Waals surface area contributed by atoms with Gasteiger partial charge in [-0.15, -0.1) is 0 Å². The van der Waals surface area contributed by atoms with Gasteiger partial charge in [0.25, 0.3) is 5.91 Å². The van der Waals surface area contributed by atoms with Gasteiger partial charge in [-0.25, -0.2) is 5.84 Å².